The highest BCUT2D eigenvalue weighted by atomic mass is 16.3. The van der Waals surface area contributed by atoms with Crippen LogP contribution in [0.4, 0.5) is 0 Å². The SMILES string of the molecule is CC(C)N[C@@H](CCO)[C@@H]1CCCCN1Cc1ccccc1. The predicted molar refractivity (Wildman–Crippen MR) is 88.3 cm³/mol. The lowest BCUT2D eigenvalue weighted by Gasteiger charge is -2.41. The van der Waals surface area contributed by atoms with E-state index in [-0.39, 0.29) is 6.61 Å². The molecule has 1 aromatic rings. The molecule has 1 saturated heterocycles. The summed E-state index contributed by atoms with van der Waals surface area (Å²) in [6.07, 6.45) is 4.67. The van der Waals surface area contributed by atoms with Crippen molar-refractivity contribution in [3.63, 3.8) is 0 Å². The van der Waals surface area contributed by atoms with Gasteiger partial charge in [0.1, 0.15) is 0 Å². The van der Waals surface area contributed by atoms with Crippen LogP contribution >= 0.6 is 0 Å². The lowest BCUT2D eigenvalue weighted by Crippen LogP contribution is -2.53. The number of hydrogen-bond donors (Lipinski definition) is 2. The highest BCUT2D eigenvalue weighted by Crippen LogP contribution is 2.23. The molecule has 2 N–H and O–H groups in total. The average molecular weight is 290 g/mol. The summed E-state index contributed by atoms with van der Waals surface area (Å²) in [5, 5.41) is 13.1. The van der Waals surface area contributed by atoms with Crippen LogP contribution in [-0.4, -0.2) is 41.3 Å². The molecule has 0 aliphatic carbocycles. The second kappa shape index (κ2) is 8.52. The highest BCUT2D eigenvalue weighted by molar-refractivity contribution is 5.14. The third-order valence-electron chi connectivity index (χ3n) is 4.34. The molecule has 0 bridgehead atoms. The molecule has 3 nitrogen and oxygen atoms in total. The largest absolute Gasteiger partial charge is 0.396 e. The molecule has 3 heteroatoms. The van der Waals surface area contributed by atoms with Gasteiger partial charge in [-0.3, -0.25) is 4.90 Å². The van der Waals surface area contributed by atoms with E-state index in [2.05, 4.69) is 54.4 Å². The molecule has 0 unspecified atom stereocenters. The molecule has 1 aliphatic heterocycles. The van der Waals surface area contributed by atoms with E-state index in [1.807, 2.05) is 0 Å². The smallest absolute Gasteiger partial charge is 0.0446 e. The topological polar surface area (TPSA) is 35.5 Å². The maximum atomic E-state index is 9.40. The third kappa shape index (κ3) is 5.10. The molecule has 21 heavy (non-hydrogen) atoms. The predicted octanol–water partition coefficient (Wildman–Crippen LogP) is 2.79. The number of piperidine rings is 1. The lowest BCUT2D eigenvalue weighted by atomic mass is 9.92. The Labute approximate surface area is 129 Å². The van der Waals surface area contributed by atoms with Gasteiger partial charge in [-0.1, -0.05) is 50.6 Å². The molecule has 0 aromatic heterocycles. The number of rotatable bonds is 7. The normalized spacial score (nSPS) is 21.6. The Morgan fingerprint density at radius 3 is 2.67 bits per heavy atom. The van der Waals surface area contributed by atoms with Crippen LogP contribution in [0.3, 0.4) is 0 Å². The second-order valence-electron chi connectivity index (χ2n) is 6.46. The number of aliphatic hydroxyl groups excluding tert-OH is 1. The zero-order chi connectivity index (χ0) is 15.1. The molecule has 1 aliphatic rings. The number of nitrogens with one attached hydrogen (secondary N) is 1. The Balaban J connectivity index is 2.05. The van der Waals surface area contributed by atoms with E-state index < -0.39 is 0 Å². The van der Waals surface area contributed by atoms with Crippen molar-refractivity contribution in [1.82, 2.24) is 10.2 Å². The van der Waals surface area contributed by atoms with Crippen LogP contribution in [0.2, 0.25) is 0 Å². The van der Waals surface area contributed by atoms with Crippen molar-refractivity contribution in [3.8, 4) is 0 Å². The van der Waals surface area contributed by atoms with E-state index in [4.69, 9.17) is 0 Å². The van der Waals surface area contributed by atoms with Crippen LogP contribution in [0.5, 0.6) is 0 Å². The Kier molecular flexibility index (Phi) is 6.68. The molecule has 0 spiro atoms. The van der Waals surface area contributed by atoms with E-state index in [1.165, 1.54) is 31.4 Å². The van der Waals surface area contributed by atoms with Gasteiger partial charge >= 0.3 is 0 Å². The number of benzene rings is 1. The zero-order valence-corrected chi connectivity index (χ0v) is 13.5. The van der Waals surface area contributed by atoms with Crippen molar-refractivity contribution >= 4 is 0 Å². The molecule has 2 rings (SSSR count). The number of aliphatic hydroxyl groups is 1. The highest BCUT2D eigenvalue weighted by Gasteiger charge is 2.29. The van der Waals surface area contributed by atoms with Gasteiger partial charge < -0.3 is 10.4 Å². The van der Waals surface area contributed by atoms with E-state index in [0.29, 0.717) is 18.1 Å². The average Bonchev–Trinajstić information content (AvgIpc) is 2.48. The fraction of sp³-hybridized carbons (Fsp3) is 0.667. The maximum absolute atomic E-state index is 9.40. The molecule has 2 atom stereocenters. The molecular weight excluding hydrogens is 260 g/mol. The molecule has 118 valence electrons. The van der Waals surface area contributed by atoms with Gasteiger partial charge in [0.15, 0.2) is 0 Å². The fourth-order valence-corrected chi connectivity index (χ4v) is 3.44. The number of nitrogens with zero attached hydrogens (tertiary/aromatic N) is 1. The van der Waals surface area contributed by atoms with Crippen LogP contribution < -0.4 is 5.32 Å². The summed E-state index contributed by atoms with van der Waals surface area (Å²) in [5.74, 6) is 0. The summed E-state index contributed by atoms with van der Waals surface area (Å²) in [4.78, 5) is 2.61. The summed E-state index contributed by atoms with van der Waals surface area (Å²) in [5.41, 5.74) is 1.39. The monoisotopic (exact) mass is 290 g/mol. The van der Waals surface area contributed by atoms with Gasteiger partial charge in [-0.25, -0.2) is 0 Å². The minimum absolute atomic E-state index is 0.264. The standard InChI is InChI=1S/C18H30N2O/c1-15(2)19-17(11-13-21)18-10-6-7-12-20(18)14-16-8-4-3-5-9-16/h3-5,8-9,15,17-19,21H,6-7,10-14H2,1-2H3/t17-,18-/m0/s1. The van der Waals surface area contributed by atoms with Crippen LogP contribution in [0.25, 0.3) is 0 Å². The van der Waals surface area contributed by atoms with Crippen molar-refractivity contribution < 1.29 is 5.11 Å². The summed E-state index contributed by atoms with van der Waals surface area (Å²) < 4.78 is 0. The molecule has 1 fully saturated rings. The Morgan fingerprint density at radius 2 is 2.00 bits per heavy atom. The van der Waals surface area contributed by atoms with E-state index >= 15 is 0 Å². The first kappa shape index (κ1) is 16.5. The Bertz CT molecular complexity index is 393. The number of hydrogen-bond acceptors (Lipinski definition) is 3. The summed E-state index contributed by atoms with van der Waals surface area (Å²) in [6, 6.07) is 12.1. The summed E-state index contributed by atoms with van der Waals surface area (Å²) in [6.45, 7) is 6.83. The number of likely N-dealkylation sites (tertiary alicyclic amines) is 1. The van der Waals surface area contributed by atoms with E-state index in [1.54, 1.807) is 0 Å². The summed E-state index contributed by atoms with van der Waals surface area (Å²) in [7, 11) is 0. The summed E-state index contributed by atoms with van der Waals surface area (Å²) >= 11 is 0. The molecule has 1 heterocycles. The van der Waals surface area contributed by atoms with Gasteiger partial charge in [0, 0.05) is 31.3 Å². The Morgan fingerprint density at radius 1 is 1.24 bits per heavy atom. The van der Waals surface area contributed by atoms with Crippen LogP contribution in [0, 0.1) is 0 Å². The van der Waals surface area contributed by atoms with Gasteiger partial charge in [0.25, 0.3) is 0 Å². The van der Waals surface area contributed by atoms with Crippen LogP contribution in [0.1, 0.15) is 45.1 Å². The maximum Gasteiger partial charge on any atom is 0.0446 e. The van der Waals surface area contributed by atoms with E-state index in [0.717, 1.165) is 13.0 Å². The zero-order valence-electron chi connectivity index (χ0n) is 13.5. The van der Waals surface area contributed by atoms with Crippen molar-refractivity contribution in [2.45, 2.75) is 64.2 Å². The van der Waals surface area contributed by atoms with E-state index in [9.17, 15) is 5.11 Å². The molecule has 0 amide bonds. The van der Waals surface area contributed by atoms with Gasteiger partial charge in [0.05, 0.1) is 0 Å². The minimum atomic E-state index is 0.264. The molecule has 1 aromatic carbocycles. The fourth-order valence-electron chi connectivity index (χ4n) is 3.44. The van der Waals surface area contributed by atoms with Gasteiger partial charge in [0.2, 0.25) is 0 Å². The van der Waals surface area contributed by atoms with Crippen molar-refractivity contribution in [3.05, 3.63) is 35.9 Å². The lowest BCUT2D eigenvalue weighted by molar-refractivity contribution is 0.0917. The minimum Gasteiger partial charge on any atom is -0.396 e. The van der Waals surface area contributed by atoms with Crippen LogP contribution in [-0.2, 0) is 6.54 Å². The Hall–Kier alpha value is -0.900. The van der Waals surface area contributed by atoms with Gasteiger partial charge in [-0.15, -0.1) is 0 Å². The first-order valence-electron chi connectivity index (χ1n) is 8.35. The van der Waals surface area contributed by atoms with Crippen LogP contribution in [0.15, 0.2) is 30.3 Å². The van der Waals surface area contributed by atoms with Gasteiger partial charge in [-0.2, -0.15) is 0 Å². The van der Waals surface area contributed by atoms with Gasteiger partial charge in [-0.05, 0) is 31.4 Å². The molecule has 0 saturated carbocycles. The molecule has 0 radical (unpaired) electrons. The van der Waals surface area contributed by atoms with Crippen molar-refractivity contribution in [2.24, 2.45) is 0 Å². The van der Waals surface area contributed by atoms with Crippen molar-refractivity contribution in [1.29, 1.82) is 0 Å². The first-order chi connectivity index (χ1) is 10.2. The van der Waals surface area contributed by atoms with Crippen molar-refractivity contribution in [2.75, 3.05) is 13.2 Å². The molecular formula is C18H30N2O. The quantitative estimate of drug-likeness (QED) is 0.810. The third-order valence-corrected chi connectivity index (χ3v) is 4.34. The second-order valence-corrected chi connectivity index (χ2v) is 6.46. The first-order valence-corrected chi connectivity index (χ1v) is 8.35.